The molecule has 1 aliphatic carbocycles. The zero-order valence-corrected chi connectivity index (χ0v) is 10.1. The lowest BCUT2D eigenvalue weighted by molar-refractivity contribution is 0.00408. The van der Waals surface area contributed by atoms with Crippen LogP contribution in [0.1, 0.15) is 53.4 Å². The molecule has 1 saturated carbocycles. The molecule has 0 aromatic heterocycles. The first-order chi connectivity index (χ1) is 6.27. The van der Waals surface area contributed by atoms with Gasteiger partial charge in [0, 0.05) is 12.1 Å². The van der Waals surface area contributed by atoms with E-state index >= 15 is 0 Å². The smallest absolute Gasteiger partial charge is 0.0437 e. The van der Waals surface area contributed by atoms with E-state index in [9.17, 15) is 5.11 Å². The molecule has 2 heteroatoms. The molecule has 0 amide bonds. The maximum atomic E-state index is 9.23. The largest absolute Gasteiger partial charge is 0.396 e. The summed E-state index contributed by atoms with van der Waals surface area (Å²) in [5.74, 6) is 0. The van der Waals surface area contributed by atoms with Crippen LogP contribution in [0.15, 0.2) is 0 Å². The Morgan fingerprint density at radius 2 is 1.86 bits per heavy atom. The first kappa shape index (κ1) is 12.0. The van der Waals surface area contributed by atoms with Gasteiger partial charge in [-0.05, 0) is 43.9 Å². The standard InChI is InChI=1S/C12H25NO/c1-10(2)6-5-7-12(10,8-9-14)11(3,4)13/h14H,5-9,13H2,1-4H3. The first-order valence-electron chi connectivity index (χ1n) is 5.67. The Bertz CT molecular complexity index is 205. The molecular formula is C12H25NO. The highest BCUT2D eigenvalue weighted by Gasteiger charge is 2.55. The van der Waals surface area contributed by atoms with Gasteiger partial charge >= 0.3 is 0 Å². The number of rotatable bonds is 3. The van der Waals surface area contributed by atoms with Crippen molar-refractivity contribution in [2.45, 2.75) is 58.9 Å². The second-order valence-corrected chi connectivity index (χ2v) is 6.01. The molecule has 0 spiro atoms. The summed E-state index contributed by atoms with van der Waals surface area (Å²) in [4.78, 5) is 0. The summed E-state index contributed by atoms with van der Waals surface area (Å²) >= 11 is 0. The van der Waals surface area contributed by atoms with Gasteiger partial charge in [-0.1, -0.05) is 20.3 Å². The zero-order valence-electron chi connectivity index (χ0n) is 10.1. The Kier molecular flexibility index (Phi) is 2.99. The van der Waals surface area contributed by atoms with Crippen LogP contribution in [0.5, 0.6) is 0 Å². The minimum absolute atomic E-state index is 0.106. The second kappa shape index (κ2) is 3.49. The molecule has 2 nitrogen and oxygen atoms in total. The topological polar surface area (TPSA) is 46.2 Å². The third kappa shape index (κ3) is 1.59. The summed E-state index contributed by atoms with van der Waals surface area (Å²) in [5.41, 5.74) is 6.49. The van der Waals surface area contributed by atoms with Gasteiger partial charge < -0.3 is 10.8 Å². The normalized spacial score (nSPS) is 32.1. The van der Waals surface area contributed by atoms with Gasteiger partial charge in [0.15, 0.2) is 0 Å². The maximum absolute atomic E-state index is 9.23. The van der Waals surface area contributed by atoms with E-state index < -0.39 is 0 Å². The average molecular weight is 199 g/mol. The summed E-state index contributed by atoms with van der Waals surface area (Å²) in [6.45, 7) is 9.06. The van der Waals surface area contributed by atoms with Crippen LogP contribution < -0.4 is 5.73 Å². The van der Waals surface area contributed by atoms with Gasteiger partial charge in [-0.3, -0.25) is 0 Å². The van der Waals surface area contributed by atoms with Gasteiger partial charge in [0.25, 0.3) is 0 Å². The molecule has 84 valence electrons. The van der Waals surface area contributed by atoms with Crippen molar-refractivity contribution in [1.29, 1.82) is 0 Å². The number of hydrogen-bond donors (Lipinski definition) is 2. The van der Waals surface area contributed by atoms with E-state index in [1.54, 1.807) is 0 Å². The number of nitrogens with two attached hydrogens (primary N) is 1. The lowest BCUT2D eigenvalue weighted by Crippen LogP contribution is -2.56. The predicted molar refractivity (Wildman–Crippen MR) is 60.0 cm³/mol. The molecule has 14 heavy (non-hydrogen) atoms. The summed E-state index contributed by atoms with van der Waals surface area (Å²) in [6, 6.07) is 0. The Morgan fingerprint density at radius 3 is 2.14 bits per heavy atom. The van der Waals surface area contributed by atoms with Crippen molar-refractivity contribution < 1.29 is 5.11 Å². The van der Waals surface area contributed by atoms with Crippen molar-refractivity contribution in [3.63, 3.8) is 0 Å². The molecule has 1 unspecified atom stereocenters. The first-order valence-corrected chi connectivity index (χ1v) is 5.67. The van der Waals surface area contributed by atoms with E-state index in [0.717, 1.165) is 12.8 Å². The molecule has 0 heterocycles. The van der Waals surface area contributed by atoms with Crippen molar-refractivity contribution in [2.24, 2.45) is 16.6 Å². The van der Waals surface area contributed by atoms with E-state index in [1.165, 1.54) is 12.8 Å². The fourth-order valence-corrected chi connectivity index (χ4v) is 3.58. The molecule has 0 aliphatic heterocycles. The maximum Gasteiger partial charge on any atom is 0.0437 e. The van der Waals surface area contributed by atoms with Crippen LogP contribution in [-0.2, 0) is 0 Å². The summed E-state index contributed by atoms with van der Waals surface area (Å²) in [6.07, 6.45) is 4.47. The molecule has 1 fully saturated rings. The lowest BCUT2D eigenvalue weighted by Gasteiger charge is -2.51. The quantitative estimate of drug-likeness (QED) is 0.732. The van der Waals surface area contributed by atoms with Gasteiger partial charge in [0.1, 0.15) is 0 Å². The van der Waals surface area contributed by atoms with Crippen LogP contribution in [0.3, 0.4) is 0 Å². The fourth-order valence-electron chi connectivity index (χ4n) is 3.58. The van der Waals surface area contributed by atoms with Gasteiger partial charge in [0.05, 0.1) is 0 Å². The van der Waals surface area contributed by atoms with Crippen LogP contribution in [0.4, 0.5) is 0 Å². The third-order valence-corrected chi connectivity index (χ3v) is 4.47. The average Bonchev–Trinajstić information content (AvgIpc) is 2.27. The highest BCUT2D eigenvalue weighted by Crippen LogP contribution is 2.59. The van der Waals surface area contributed by atoms with E-state index in [1.807, 2.05) is 0 Å². The lowest BCUT2D eigenvalue weighted by atomic mass is 9.57. The van der Waals surface area contributed by atoms with Crippen LogP contribution in [-0.4, -0.2) is 17.3 Å². The Labute approximate surface area is 87.9 Å². The molecule has 3 N–H and O–H groups in total. The molecular weight excluding hydrogens is 174 g/mol. The number of aliphatic hydroxyl groups is 1. The van der Waals surface area contributed by atoms with E-state index in [4.69, 9.17) is 5.73 Å². The van der Waals surface area contributed by atoms with Crippen molar-refractivity contribution >= 4 is 0 Å². The van der Waals surface area contributed by atoms with Gasteiger partial charge in [-0.25, -0.2) is 0 Å². The molecule has 0 radical (unpaired) electrons. The van der Waals surface area contributed by atoms with Gasteiger partial charge in [-0.2, -0.15) is 0 Å². The van der Waals surface area contributed by atoms with Crippen LogP contribution in [0.2, 0.25) is 0 Å². The molecule has 1 aliphatic rings. The van der Waals surface area contributed by atoms with Gasteiger partial charge in [-0.15, -0.1) is 0 Å². The highest BCUT2D eigenvalue weighted by molar-refractivity contribution is 5.08. The van der Waals surface area contributed by atoms with Crippen molar-refractivity contribution in [2.75, 3.05) is 6.61 Å². The van der Waals surface area contributed by atoms with E-state index in [-0.39, 0.29) is 23.0 Å². The molecule has 1 rings (SSSR count). The fraction of sp³-hybridized carbons (Fsp3) is 1.00. The molecule has 0 saturated heterocycles. The summed E-state index contributed by atoms with van der Waals surface area (Å²) in [7, 11) is 0. The summed E-state index contributed by atoms with van der Waals surface area (Å²) < 4.78 is 0. The second-order valence-electron chi connectivity index (χ2n) is 6.01. The molecule has 0 aromatic carbocycles. The third-order valence-electron chi connectivity index (χ3n) is 4.47. The monoisotopic (exact) mass is 199 g/mol. The predicted octanol–water partition coefficient (Wildman–Crippen LogP) is 2.30. The van der Waals surface area contributed by atoms with Crippen LogP contribution in [0, 0.1) is 10.8 Å². The zero-order chi connectivity index (χ0) is 11.0. The van der Waals surface area contributed by atoms with E-state index in [2.05, 4.69) is 27.7 Å². The molecule has 1 atom stereocenters. The van der Waals surface area contributed by atoms with E-state index in [0.29, 0.717) is 0 Å². The molecule has 0 aromatic rings. The molecule has 0 bridgehead atoms. The highest BCUT2D eigenvalue weighted by atomic mass is 16.3. The van der Waals surface area contributed by atoms with Crippen LogP contribution in [0.25, 0.3) is 0 Å². The van der Waals surface area contributed by atoms with Gasteiger partial charge in [0.2, 0.25) is 0 Å². The van der Waals surface area contributed by atoms with Crippen molar-refractivity contribution in [3.05, 3.63) is 0 Å². The van der Waals surface area contributed by atoms with Crippen molar-refractivity contribution in [3.8, 4) is 0 Å². The van der Waals surface area contributed by atoms with Crippen molar-refractivity contribution in [1.82, 2.24) is 0 Å². The SMILES string of the molecule is CC(C)(N)C1(CCO)CCCC1(C)C. The van der Waals surface area contributed by atoms with Crippen LogP contribution >= 0.6 is 0 Å². The minimum Gasteiger partial charge on any atom is -0.396 e. The Balaban J connectivity index is 3.04. The minimum atomic E-state index is -0.199. The summed E-state index contributed by atoms with van der Waals surface area (Å²) in [5, 5.41) is 9.23. The Morgan fingerprint density at radius 1 is 1.29 bits per heavy atom. The number of aliphatic hydroxyl groups excluding tert-OH is 1. The number of hydrogen-bond acceptors (Lipinski definition) is 2. The Hall–Kier alpha value is -0.0800.